The molecule has 2 aromatic rings. The normalized spacial score (nSPS) is 23.5. The molecule has 0 N–H and O–H groups in total. The van der Waals surface area contributed by atoms with E-state index in [1.54, 1.807) is 6.07 Å². The minimum absolute atomic E-state index is 0.0168. The zero-order valence-electron chi connectivity index (χ0n) is 16.6. The van der Waals surface area contributed by atoms with Crippen LogP contribution in [-0.2, 0) is 10.2 Å². The van der Waals surface area contributed by atoms with E-state index >= 15 is 0 Å². The van der Waals surface area contributed by atoms with Crippen molar-refractivity contribution in [1.29, 1.82) is 0 Å². The van der Waals surface area contributed by atoms with Gasteiger partial charge in [-0.2, -0.15) is 0 Å². The van der Waals surface area contributed by atoms with Crippen molar-refractivity contribution in [2.45, 2.75) is 57.3 Å². The highest BCUT2D eigenvalue weighted by Gasteiger charge is 2.49. The van der Waals surface area contributed by atoms with Gasteiger partial charge in [-0.05, 0) is 37.5 Å². The Morgan fingerprint density at radius 3 is 2.80 bits per heavy atom. The fourth-order valence-electron chi connectivity index (χ4n) is 4.78. The molecule has 0 spiro atoms. The lowest BCUT2D eigenvalue weighted by atomic mass is 9.69. The molecule has 1 fully saturated rings. The molecule has 4 rings (SSSR count). The third kappa shape index (κ3) is 3.34. The summed E-state index contributed by atoms with van der Waals surface area (Å²) < 4.78 is 40.8. The van der Waals surface area contributed by atoms with Gasteiger partial charge in [0.05, 0.1) is 5.69 Å². The lowest BCUT2D eigenvalue weighted by Gasteiger charge is -2.40. The molecule has 1 amide bonds. The van der Waals surface area contributed by atoms with Crippen molar-refractivity contribution in [2.75, 3.05) is 16.3 Å². The molecule has 1 aromatic carbocycles. The smallest absolute Gasteiger partial charge is 0.368 e. The average Bonchev–Trinajstić information content (AvgIpc) is 3.29. The SMILES string of the molecule is CCN1c2cc(N(C=O)C(F)(F)F)c(N=Nc3nncs3)cc2C2(C)CCCCC12. The number of azo groups is 1. The number of fused-ring (bicyclic) bond motifs is 3. The maximum atomic E-state index is 13.6. The number of halogens is 3. The molecule has 11 heteroatoms. The maximum absolute atomic E-state index is 13.6. The van der Waals surface area contributed by atoms with Crippen LogP contribution >= 0.6 is 11.3 Å². The Morgan fingerprint density at radius 2 is 2.17 bits per heavy atom. The van der Waals surface area contributed by atoms with Crippen LogP contribution in [-0.4, -0.2) is 35.5 Å². The fraction of sp³-hybridized carbons (Fsp3) is 0.526. The van der Waals surface area contributed by atoms with Crippen LogP contribution < -0.4 is 9.80 Å². The molecule has 2 atom stereocenters. The molecule has 30 heavy (non-hydrogen) atoms. The van der Waals surface area contributed by atoms with Crippen molar-refractivity contribution in [1.82, 2.24) is 10.2 Å². The first kappa shape index (κ1) is 20.7. The van der Waals surface area contributed by atoms with Crippen LogP contribution in [0.15, 0.2) is 27.9 Å². The Labute approximate surface area is 175 Å². The van der Waals surface area contributed by atoms with E-state index in [2.05, 4.69) is 32.2 Å². The van der Waals surface area contributed by atoms with E-state index in [0.717, 1.165) is 48.3 Å². The summed E-state index contributed by atoms with van der Waals surface area (Å²) in [6.45, 7) is 4.83. The number of anilines is 2. The summed E-state index contributed by atoms with van der Waals surface area (Å²) in [5, 5.41) is 15.6. The minimum atomic E-state index is -4.88. The van der Waals surface area contributed by atoms with Crippen LogP contribution in [0.25, 0.3) is 0 Å². The van der Waals surface area contributed by atoms with Crippen molar-refractivity contribution < 1.29 is 18.0 Å². The van der Waals surface area contributed by atoms with Gasteiger partial charge in [0.2, 0.25) is 6.41 Å². The molecule has 0 bridgehead atoms. The highest BCUT2D eigenvalue weighted by Crippen LogP contribution is 2.55. The predicted octanol–water partition coefficient (Wildman–Crippen LogP) is 5.48. The molecular formula is C19H21F3N6OS. The summed E-state index contributed by atoms with van der Waals surface area (Å²) in [7, 11) is 0. The molecule has 1 aliphatic heterocycles. The van der Waals surface area contributed by atoms with E-state index in [4.69, 9.17) is 0 Å². The van der Waals surface area contributed by atoms with Gasteiger partial charge in [0.1, 0.15) is 11.2 Å². The molecule has 1 aliphatic carbocycles. The van der Waals surface area contributed by atoms with Gasteiger partial charge >= 0.3 is 6.30 Å². The molecule has 2 aliphatic rings. The second-order valence-corrected chi connectivity index (χ2v) is 8.50. The Bertz CT molecular complexity index is 964. The second-order valence-electron chi connectivity index (χ2n) is 7.69. The number of hydrogen-bond donors (Lipinski definition) is 0. The lowest BCUT2D eigenvalue weighted by molar-refractivity contribution is -0.141. The number of aromatic nitrogens is 2. The Morgan fingerprint density at radius 1 is 1.37 bits per heavy atom. The topological polar surface area (TPSA) is 74.0 Å². The number of likely N-dealkylation sites (N-methyl/N-ethyl adjacent to an activating group) is 1. The van der Waals surface area contributed by atoms with E-state index in [-0.39, 0.29) is 39.3 Å². The molecule has 7 nitrogen and oxygen atoms in total. The molecule has 0 saturated heterocycles. The monoisotopic (exact) mass is 438 g/mol. The van der Waals surface area contributed by atoms with E-state index in [1.807, 2.05) is 6.92 Å². The molecule has 2 unspecified atom stereocenters. The zero-order chi connectivity index (χ0) is 21.5. The van der Waals surface area contributed by atoms with Crippen molar-refractivity contribution in [2.24, 2.45) is 10.2 Å². The van der Waals surface area contributed by atoms with Crippen molar-refractivity contribution >= 4 is 39.9 Å². The summed E-state index contributed by atoms with van der Waals surface area (Å²) in [5.74, 6) is 0. The summed E-state index contributed by atoms with van der Waals surface area (Å²) >= 11 is 1.12. The Hall–Kier alpha value is -2.56. The van der Waals surface area contributed by atoms with Gasteiger partial charge in [-0.15, -0.1) is 33.6 Å². The predicted molar refractivity (Wildman–Crippen MR) is 108 cm³/mol. The largest absolute Gasteiger partial charge is 0.491 e. The number of rotatable bonds is 5. The van der Waals surface area contributed by atoms with E-state index in [9.17, 15) is 18.0 Å². The summed E-state index contributed by atoms with van der Waals surface area (Å²) in [4.78, 5) is 13.3. The summed E-state index contributed by atoms with van der Waals surface area (Å²) in [5.41, 5.74) is 2.60. The standard InChI is InChI=1S/C19H21F3N6OS/c1-3-27-14-9-15(28(11-29)19(20,21)22)13(24-26-17-25-23-10-30-17)8-12(14)18(2)7-5-4-6-16(18)27/h8-11,16H,3-7H2,1-2H3. The first-order chi connectivity index (χ1) is 14.3. The van der Waals surface area contributed by atoms with Crippen LogP contribution in [0.3, 0.4) is 0 Å². The number of nitrogens with zero attached hydrogens (tertiary/aromatic N) is 6. The van der Waals surface area contributed by atoms with Crippen LogP contribution in [0.5, 0.6) is 0 Å². The number of amides is 1. The number of carbonyl (C=O) groups is 1. The number of carbonyl (C=O) groups excluding carboxylic acids is 1. The van der Waals surface area contributed by atoms with E-state index in [0.29, 0.717) is 6.54 Å². The average molecular weight is 438 g/mol. The first-order valence-corrected chi connectivity index (χ1v) is 10.6. The van der Waals surface area contributed by atoms with Crippen molar-refractivity contribution in [3.05, 3.63) is 23.2 Å². The summed E-state index contributed by atoms with van der Waals surface area (Å²) in [6, 6.07) is 3.30. The highest BCUT2D eigenvalue weighted by atomic mass is 32.1. The molecule has 160 valence electrons. The van der Waals surface area contributed by atoms with Crippen molar-refractivity contribution in [3.8, 4) is 0 Å². The Balaban J connectivity index is 1.90. The maximum Gasteiger partial charge on any atom is 0.491 e. The Kier molecular flexibility index (Phi) is 5.25. The van der Waals surface area contributed by atoms with Gasteiger partial charge in [-0.3, -0.25) is 4.79 Å². The molecule has 2 heterocycles. The molecule has 0 radical (unpaired) electrons. The third-order valence-corrected chi connectivity index (χ3v) is 6.70. The highest BCUT2D eigenvalue weighted by molar-refractivity contribution is 7.13. The van der Waals surface area contributed by atoms with Gasteiger partial charge in [-0.25, -0.2) is 4.90 Å². The number of hydrogen-bond acceptors (Lipinski definition) is 7. The first-order valence-electron chi connectivity index (χ1n) is 9.74. The summed E-state index contributed by atoms with van der Waals surface area (Å²) in [6.07, 6.45) is -1.03. The molecule has 1 saturated carbocycles. The van der Waals surface area contributed by atoms with Gasteiger partial charge in [0, 0.05) is 23.7 Å². The quantitative estimate of drug-likeness (QED) is 0.352. The third-order valence-electron chi connectivity index (χ3n) is 6.12. The number of benzene rings is 1. The van der Waals surface area contributed by atoms with Gasteiger partial charge < -0.3 is 4.90 Å². The van der Waals surface area contributed by atoms with Gasteiger partial charge in [0.15, 0.2) is 0 Å². The second kappa shape index (κ2) is 7.60. The van der Waals surface area contributed by atoms with Crippen LogP contribution in [0, 0.1) is 0 Å². The van der Waals surface area contributed by atoms with Gasteiger partial charge in [0.25, 0.3) is 5.13 Å². The fourth-order valence-corrected chi connectivity index (χ4v) is 5.15. The van der Waals surface area contributed by atoms with Crippen LogP contribution in [0.1, 0.15) is 45.1 Å². The van der Waals surface area contributed by atoms with Crippen LogP contribution in [0.2, 0.25) is 0 Å². The molecule has 1 aromatic heterocycles. The lowest BCUT2D eigenvalue weighted by Crippen LogP contribution is -2.45. The number of alkyl halides is 3. The van der Waals surface area contributed by atoms with Crippen LogP contribution in [0.4, 0.5) is 35.4 Å². The minimum Gasteiger partial charge on any atom is -0.368 e. The van der Waals surface area contributed by atoms with Gasteiger partial charge in [-0.1, -0.05) is 31.1 Å². The van der Waals surface area contributed by atoms with Crippen molar-refractivity contribution in [3.63, 3.8) is 0 Å². The van der Waals surface area contributed by atoms with E-state index < -0.39 is 6.30 Å². The van der Waals surface area contributed by atoms with E-state index in [1.165, 1.54) is 11.6 Å². The zero-order valence-corrected chi connectivity index (χ0v) is 17.4. The molecular weight excluding hydrogens is 417 g/mol.